The number of carbonyl (C=O) groups is 1. The number of amides is 1. The fraction of sp³-hybridized carbons (Fsp3) is 0.400. The highest BCUT2D eigenvalue weighted by molar-refractivity contribution is 7.88. The molecule has 2 aliphatic rings. The molecule has 1 saturated heterocycles. The second-order valence-electron chi connectivity index (χ2n) is 10.8. The van der Waals surface area contributed by atoms with Gasteiger partial charge in [-0.1, -0.05) is 36.9 Å². The maximum absolute atomic E-state index is 11.8. The first-order valence-electron chi connectivity index (χ1n) is 13.4. The Morgan fingerprint density at radius 1 is 1.18 bits per heavy atom. The van der Waals surface area contributed by atoms with Crippen LogP contribution in [0.5, 0.6) is 11.6 Å². The molecule has 1 fully saturated rings. The van der Waals surface area contributed by atoms with Crippen molar-refractivity contribution in [1.29, 1.82) is 0 Å². The number of ether oxygens (including phenoxy) is 2. The van der Waals surface area contributed by atoms with Crippen molar-refractivity contribution in [3.8, 4) is 11.6 Å². The molecule has 0 saturated carbocycles. The van der Waals surface area contributed by atoms with E-state index < -0.39 is 27.8 Å². The number of carbonyl (C=O) groups excluding carboxylic acids is 1. The van der Waals surface area contributed by atoms with E-state index in [1.54, 1.807) is 38.1 Å². The van der Waals surface area contributed by atoms with Crippen LogP contribution in [0.1, 0.15) is 68.8 Å². The van der Waals surface area contributed by atoms with Crippen LogP contribution >= 0.6 is 0 Å². The first kappa shape index (κ1) is 29.5. The van der Waals surface area contributed by atoms with Gasteiger partial charge in [-0.3, -0.25) is 4.79 Å². The molecule has 1 aliphatic heterocycles. The molecular formula is C30H37N3O6S. The lowest BCUT2D eigenvalue weighted by molar-refractivity contribution is -0.120. The van der Waals surface area contributed by atoms with Crippen molar-refractivity contribution in [1.82, 2.24) is 14.4 Å². The number of nitrogens with zero attached hydrogens (tertiary/aromatic N) is 1. The average Bonchev–Trinajstić information content (AvgIpc) is 2.94. The topological polar surface area (TPSA) is 127 Å². The molecule has 10 heteroatoms. The highest BCUT2D eigenvalue weighted by Crippen LogP contribution is 2.31. The summed E-state index contributed by atoms with van der Waals surface area (Å²) in [6, 6.07) is 10.4. The monoisotopic (exact) mass is 567 g/mol. The Labute approximate surface area is 236 Å². The predicted octanol–water partition coefficient (Wildman–Crippen LogP) is 4.45. The normalized spacial score (nSPS) is 23.6. The van der Waals surface area contributed by atoms with Crippen LogP contribution < -0.4 is 18.9 Å². The molecule has 3 N–H and O–H groups in total. The molecule has 4 rings (SSSR count). The van der Waals surface area contributed by atoms with E-state index in [1.165, 1.54) is 0 Å². The molecule has 1 amide bonds. The molecule has 1 unspecified atom stereocenters. The average molecular weight is 568 g/mol. The van der Waals surface area contributed by atoms with Crippen LogP contribution in [0.2, 0.25) is 0 Å². The number of aromatic nitrogens is 1. The van der Waals surface area contributed by atoms with E-state index in [4.69, 9.17) is 9.47 Å². The minimum absolute atomic E-state index is 0.0388. The van der Waals surface area contributed by atoms with Crippen molar-refractivity contribution < 1.29 is 27.8 Å². The largest absolute Gasteiger partial charge is 0.490 e. The zero-order valence-corrected chi connectivity index (χ0v) is 24.0. The van der Waals surface area contributed by atoms with E-state index in [9.17, 15) is 18.3 Å². The molecule has 2 aromatic rings. The van der Waals surface area contributed by atoms with Crippen LogP contribution in [0.25, 0.3) is 5.57 Å². The molecule has 0 radical (unpaired) electrons. The highest BCUT2D eigenvalue weighted by Gasteiger charge is 2.29. The Hall–Kier alpha value is -3.47. The Morgan fingerprint density at radius 3 is 2.60 bits per heavy atom. The third-order valence-corrected chi connectivity index (χ3v) is 7.87. The van der Waals surface area contributed by atoms with E-state index in [1.807, 2.05) is 29.9 Å². The van der Waals surface area contributed by atoms with E-state index in [-0.39, 0.29) is 12.5 Å². The Bertz CT molecular complexity index is 1410. The molecule has 40 heavy (non-hydrogen) atoms. The fourth-order valence-electron chi connectivity index (χ4n) is 4.59. The number of benzene rings is 1. The van der Waals surface area contributed by atoms with Gasteiger partial charge in [0, 0.05) is 36.6 Å². The lowest BCUT2D eigenvalue weighted by Crippen LogP contribution is -2.48. The van der Waals surface area contributed by atoms with Crippen molar-refractivity contribution >= 4 is 21.7 Å². The summed E-state index contributed by atoms with van der Waals surface area (Å²) in [6.45, 7) is 10.2. The third kappa shape index (κ3) is 8.27. The molecule has 214 valence electrons. The van der Waals surface area contributed by atoms with Crippen molar-refractivity contribution in [3.63, 3.8) is 0 Å². The summed E-state index contributed by atoms with van der Waals surface area (Å²) >= 11 is 0. The van der Waals surface area contributed by atoms with E-state index in [0.717, 1.165) is 35.2 Å². The zero-order chi connectivity index (χ0) is 28.9. The van der Waals surface area contributed by atoms with Gasteiger partial charge in [0.25, 0.3) is 0 Å². The second kappa shape index (κ2) is 12.4. The SMILES string of the molecule is C=C1CC[C@@H](Oc2ccc(C3CC(=O)NS(=O)(=O)N3)cc2)C/C=C\C=C/1c1ccc(OCCC(C)(C)O)nc1C. The summed E-state index contributed by atoms with van der Waals surface area (Å²) in [5.41, 5.74) is 3.74. The number of aryl methyl sites for hydroxylation is 1. The number of aliphatic hydroxyl groups is 1. The van der Waals surface area contributed by atoms with Crippen LogP contribution in [0, 0.1) is 6.92 Å². The van der Waals surface area contributed by atoms with Gasteiger partial charge in [-0.05, 0) is 68.5 Å². The van der Waals surface area contributed by atoms with Gasteiger partial charge in [-0.2, -0.15) is 13.1 Å². The van der Waals surface area contributed by atoms with Gasteiger partial charge < -0.3 is 14.6 Å². The Balaban J connectivity index is 1.36. The van der Waals surface area contributed by atoms with Crippen molar-refractivity contribution in [2.75, 3.05) is 6.61 Å². The highest BCUT2D eigenvalue weighted by atomic mass is 32.2. The van der Waals surface area contributed by atoms with Crippen molar-refractivity contribution in [3.05, 3.63) is 83.6 Å². The van der Waals surface area contributed by atoms with Gasteiger partial charge in [0.05, 0.1) is 18.2 Å². The van der Waals surface area contributed by atoms with Crippen LogP contribution in [0.15, 0.2) is 66.8 Å². The standard InChI is InChI=1S/C30H37N3O6S/c1-20-9-12-23(39-24-13-10-22(11-14-24)27-19-28(34)33-40(36,37)32-27)7-5-6-8-25(20)26-15-16-29(31-21(26)2)38-18-17-30(3,4)35/h5-6,8,10-11,13-16,23,27,32,35H,1,7,9,12,17-19H2,2-4H3,(H,33,34)/b6-5-,25-8+/t23-,27?/m0/s1. The number of allylic oxidation sites excluding steroid dienone is 4. The minimum Gasteiger partial charge on any atom is -0.490 e. The Morgan fingerprint density at radius 2 is 1.93 bits per heavy atom. The smallest absolute Gasteiger partial charge is 0.301 e. The quantitative estimate of drug-likeness (QED) is 0.430. The van der Waals surface area contributed by atoms with Gasteiger partial charge in [-0.25, -0.2) is 9.71 Å². The molecule has 1 aliphatic carbocycles. The van der Waals surface area contributed by atoms with Gasteiger partial charge in [0.1, 0.15) is 11.9 Å². The van der Waals surface area contributed by atoms with Gasteiger partial charge in [0.15, 0.2) is 0 Å². The van der Waals surface area contributed by atoms with E-state index >= 15 is 0 Å². The van der Waals surface area contributed by atoms with Crippen molar-refractivity contribution in [2.24, 2.45) is 0 Å². The molecule has 2 heterocycles. The number of nitrogens with one attached hydrogen (secondary N) is 2. The van der Waals surface area contributed by atoms with Crippen molar-refractivity contribution in [2.45, 2.75) is 70.6 Å². The third-order valence-electron chi connectivity index (χ3n) is 6.78. The van der Waals surface area contributed by atoms with Crippen LogP contribution in [0.4, 0.5) is 0 Å². The maximum Gasteiger partial charge on any atom is 0.301 e. The summed E-state index contributed by atoms with van der Waals surface area (Å²) in [4.78, 5) is 16.3. The van der Waals surface area contributed by atoms with Crippen LogP contribution in [-0.2, 0) is 15.0 Å². The second-order valence-corrected chi connectivity index (χ2v) is 12.2. The van der Waals surface area contributed by atoms with Crippen LogP contribution in [0.3, 0.4) is 0 Å². The first-order chi connectivity index (χ1) is 18.9. The number of hydrogen-bond donors (Lipinski definition) is 3. The van der Waals surface area contributed by atoms with Gasteiger partial charge >= 0.3 is 10.2 Å². The molecule has 1 aromatic carbocycles. The summed E-state index contributed by atoms with van der Waals surface area (Å²) in [7, 11) is -3.84. The minimum atomic E-state index is -3.84. The molecule has 9 nitrogen and oxygen atoms in total. The lowest BCUT2D eigenvalue weighted by atomic mass is 9.94. The summed E-state index contributed by atoms with van der Waals surface area (Å²) in [6.07, 6.45) is 8.83. The zero-order valence-electron chi connectivity index (χ0n) is 23.1. The maximum atomic E-state index is 11.8. The summed E-state index contributed by atoms with van der Waals surface area (Å²) in [5.74, 6) is 0.662. The van der Waals surface area contributed by atoms with E-state index in [0.29, 0.717) is 36.6 Å². The number of hydrogen-bond acceptors (Lipinski definition) is 7. The predicted molar refractivity (Wildman–Crippen MR) is 154 cm³/mol. The van der Waals surface area contributed by atoms with Crippen LogP contribution in [-0.4, -0.2) is 42.7 Å². The summed E-state index contributed by atoms with van der Waals surface area (Å²) in [5, 5.41) is 9.89. The van der Waals surface area contributed by atoms with Gasteiger partial charge in [0.2, 0.25) is 11.8 Å². The molecular weight excluding hydrogens is 530 g/mol. The molecule has 0 spiro atoms. The molecule has 2 atom stereocenters. The molecule has 0 bridgehead atoms. The summed E-state index contributed by atoms with van der Waals surface area (Å²) < 4.78 is 40.0. The Kier molecular flexibility index (Phi) is 9.12. The van der Waals surface area contributed by atoms with Gasteiger partial charge in [-0.15, -0.1) is 0 Å². The first-order valence-corrected chi connectivity index (χ1v) is 14.8. The fourth-order valence-corrected chi connectivity index (χ4v) is 5.62. The number of pyridine rings is 1. The number of rotatable bonds is 8. The molecule has 1 aromatic heterocycles. The lowest BCUT2D eigenvalue weighted by Gasteiger charge is -2.24. The van der Waals surface area contributed by atoms with E-state index in [2.05, 4.69) is 28.4 Å².